The quantitative estimate of drug-likeness (QED) is 0.529. The Hall–Kier alpha value is -1.51. The maximum atomic E-state index is 7.22. The molecule has 0 spiro atoms. The monoisotopic (exact) mass is 176 g/mol. The van der Waals surface area contributed by atoms with Crippen LogP contribution in [0.4, 0.5) is 0 Å². The molecule has 0 bridgehead atoms. The zero-order valence-corrected chi connectivity index (χ0v) is 7.29. The maximum absolute atomic E-state index is 7.22. The number of hydrogen-bond acceptors (Lipinski definition) is 2. The predicted octanol–water partition coefficient (Wildman–Crippen LogP) is 1.49. The second-order valence-corrected chi connectivity index (χ2v) is 3.28. The van der Waals surface area contributed by atoms with Crippen molar-refractivity contribution in [2.24, 2.45) is 5.73 Å². The highest BCUT2D eigenvalue weighted by atomic mass is 16.5. The van der Waals surface area contributed by atoms with Gasteiger partial charge in [-0.2, -0.15) is 0 Å². The summed E-state index contributed by atoms with van der Waals surface area (Å²) in [5.41, 5.74) is 6.54. The van der Waals surface area contributed by atoms with Crippen LogP contribution in [0.2, 0.25) is 0 Å². The van der Waals surface area contributed by atoms with E-state index >= 15 is 0 Å². The second-order valence-electron chi connectivity index (χ2n) is 3.28. The van der Waals surface area contributed by atoms with E-state index in [-0.39, 0.29) is 11.8 Å². The molecule has 1 aliphatic heterocycles. The highest BCUT2D eigenvalue weighted by Crippen LogP contribution is 2.35. The van der Waals surface area contributed by atoms with Gasteiger partial charge in [-0.15, -0.1) is 0 Å². The van der Waals surface area contributed by atoms with Crippen molar-refractivity contribution in [1.29, 1.82) is 5.41 Å². The van der Waals surface area contributed by atoms with Crippen molar-refractivity contribution >= 4 is 5.84 Å². The van der Waals surface area contributed by atoms with Gasteiger partial charge in [-0.3, -0.25) is 5.41 Å². The first-order valence-electron chi connectivity index (χ1n) is 4.32. The third kappa shape index (κ3) is 1.49. The molecule has 1 unspecified atom stereocenters. The summed E-state index contributed by atoms with van der Waals surface area (Å²) in [6, 6.07) is 7.93. The second kappa shape index (κ2) is 3.09. The normalized spacial score (nSPS) is 19.2. The molecular weight excluding hydrogens is 164 g/mol. The molecule has 0 radical (unpaired) electrons. The molecule has 1 heterocycles. The van der Waals surface area contributed by atoms with Crippen molar-refractivity contribution in [2.75, 3.05) is 6.61 Å². The van der Waals surface area contributed by atoms with Crippen LogP contribution in [-0.2, 0) is 0 Å². The molecule has 0 fully saturated rings. The number of hydrogen-bond donors (Lipinski definition) is 2. The number of fused-ring (bicyclic) bond motifs is 1. The number of rotatable bonds is 2. The topological polar surface area (TPSA) is 59.1 Å². The van der Waals surface area contributed by atoms with Crippen LogP contribution in [0.25, 0.3) is 0 Å². The van der Waals surface area contributed by atoms with E-state index in [1.165, 1.54) is 5.56 Å². The molecule has 1 atom stereocenters. The van der Waals surface area contributed by atoms with Crippen LogP contribution in [0.15, 0.2) is 24.3 Å². The summed E-state index contributed by atoms with van der Waals surface area (Å²) < 4.78 is 5.46. The standard InChI is InChI=1S/C10H12N2O/c11-10(12)5-7-6-13-9-4-2-1-3-8(7)9/h1-4,7H,5-6H2,(H3,11,12). The van der Waals surface area contributed by atoms with Gasteiger partial charge in [-0.1, -0.05) is 18.2 Å². The maximum Gasteiger partial charge on any atom is 0.122 e. The number of ether oxygens (including phenoxy) is 1. The van der Waals surface area contributed by atoms with Crippen LogP contribution in [0.1, 0.15) is 17.9 Å². The molecule has 0 aromatic heterocycles. The summed E-state index contributed by atoms with van der Waals surface area (Å²) in [5, 5.41) is 7.22. The first-order chi connectivity index (χ1) is 6.27. The molecular formula is C10H12N2O. The van der Waals surface area contributed by atoms with Gasteiger partial charge in [0.15, 0.2) is 0 Å². The van der Waals surface area contributed by atoms with E-state index in [1.54, 1.807) is 0 Å². The SMILES string of the molecule is N=C(N)CC1COc2ccccc21. The lowest BCUT2D eigenvalue weighted by molar-refractivity contribution is 0.333. The van der Waals surface area contributed by atoms with Gasteiger partial charge >= 0.3 is 0 Å². The Labute approximate surface area is 77.0 Å². The van der Waals surface area contributed by atoms with E-state index in [4.69, 9.17) is 15.9 Å². The minimum atomic E-state index is 0.227. The number of benzene rings is 1. The lowest BCUT2D eigenvalue weighted by atomic mass is 9.98. The van der Waals surface area contributed by atoms with Gasteiger partial charge in [0.1, 0.15) is 5.75 Å². The summed E-state index contributed by atoms with van der Waals surface area (Å²) in [4.78, 5) is 0. The van der Waals surface area contributed by atoms with E-state index < -0.39 is 0 Å². The molecule has 1 aromatic rings. The molecule has 0 amide bonds. The van der Waals surface area contributed by atoms with Crippen LogP contribution in [-0.4, -0.2) is 12.4 Å². The average molecular weight is 176 g/mol. The van der Waals surface area contributed by atoms with E-state index in [2.05, 4.69) is 0 Å². The van der Waals surface area contributed by atoms with Crippen molar-refractivity contribution in [3.8, 4) is 5.75 Å². The molecule has 1 aromatic carbocycles. The predicted molar refractivity (Wildman–Crippen MR) is 51.2 cm³/mol. The van der Waals surface area contributed by atoms with Crippen LogP contribution >= 0.6 is 0 Å². The van der Waals surface area contributed by atoms with Crippen LogP contribution in [0.5, 0.6) is 5.75 Å². The molecule has 0 saturated carbocycles. The first-order valence-corrected chi connectivity index (χ1v) is 4.32. The van der Waals surface area contributed by atoms with Crippen molar-refractivity contribution in [3.05, 3.63) is 29.8 Å². The third-order valence-electron chi connectivity index (χ3n) is 2.27. The Morgan fingerprint density at radius 3 is 3.08 bits per heavy atom. The Bertz CT molecular complexity index is 335. The fourth-order valence-electron chi connectivity index (χ4n) is 1.66. The number of nitrogens with one attached hydrogen (secondary N) is 1. The van der Waals surface area contributed by atoms with E-state index in [9.17, 15) is 0 Å². The highest BCUT2D eigenvalue weighted by Gasteiger charge is 2.23. The Kier molecular flexibility index (Phi) is 1.93. The van der Waals surface area contributed by atoms with Crippen LogP contribution < -0.4 is 10.5 Å². The van der Waals surface area contributed by atoms with Gasteiger partial charge in [0.05, 0.1) is 12.4 Å². The molecule has 13 heavy (non-hydrogen) atoms. The third-order valence-corrected chi connectivity index (χ3v) is 2.27. The summed E-state index contributed by atoms with van der Waals surface area (Å²) in [5.74, 6) is 1.44. The van der Waals surface area contributed by atoms with Gasteiger partial charge in [0.25, 0.3) is 0 Å². The summed E-state index contributed by atoms with van der Waals surface area (Å²) in [6.07, 6.45) is 0.594. The fraction of sp³-hybridized carbons (Fsp3) is 0.300. The highest BCUT2D eigenvalue weighted by molar-refractivity contribution is 5.78. The van der Waals surface area contributed by atoms with Gasteiger partial charge < -0.3 is 10.5 Å². The average Bonchev–Trinajstić information content (AvgIpc) is 2.48. The number of amidine groups is 1. The zero-order valence-electron chi connectivity index (χ0n) is 7.29. The van der Waals surface area contributed by atoms with Crippen LogP contribution in [0.3, 0.4) is 0 Å². The summed E-state index contributed by atoms with van der Waals surface area (Å²) >= 11 is 0. The lowest BCUT2D eigenvalue weighted by Crippen LogP contribution is -2.15. The fourth-order valence-corrected chi connectivity index (χ4v) is 1.66. The Morgan fingerprint density at radius 1 is 1.54 bits per heavy atom. The number of nitrogens with two attached hydrogens (primary N) is 1. The van der Waals surface area contributed by atoms with E-state index in [1.807, 2.05) is 24.3 Å². The van der Waals surface area contributed by atoms with Gasteiger partial charge in [-0.05, 0) is 6.07 Å². The first kappa shape index (κ1) is 8.10. The van der Waals surface area contributed by atoms with Crippen molar-refractivity contribution in [1.82, 2.24) is 0 Å². The molecule has 0 aliphatic carbocycles. The molecule has 68 valence electrons. The van der Waals surface area contributed by atoms with Gasteiger partial charge in [0.2, 0.25) is 0 Å². The van der Waals surface area contributed by atoms with E-state index in [0.29, 0.717) is 13.0 Å². The van der Waals surface area contributed by atoms with Crippen LogP contribution in [0, 0.1) is 5.41 Å². The Balaban J connectivity index is 2.23. The van der Waals surface area contributed by atoms with E-state index in [0.717, 1.165) is 5.75 Å². The van der Waals surface area contributed by atoms with Crippen molar-refractivity contribution in [3.63, 3.8) is 0 Å². The lowest BCUT2D eigenvalue weighted by Gasteiger charge is -2.05. The smallest absolute Gasteiger partial charge is 0.122 e. The minimum absolute atomic E-state index is 0.227. The van der Waals surface area contributed by atoms with Crippen molar-refractivity contribution < 1.29 is 4.74 Å². The van der Waals surface area contributed by atoms with Crippen molar-refractivity contribution in [2.45, 2.75) is 12.3 Å². The molecule has 3 nitrogen and oxygen atoms in total. The number of para-hydroxylation sites is 1. The molecule has 2 rings (SSSR count). The largest absolute Gasteiger partial charge is 0.493 e. The molecule has 3 N–H and O–H groups in total. The Morgan fingerprint density at radius 2 is 2.31 bits per heavy atom. The summed E-state index contributed by atoms with van der Waals surface area (Å²) in [7, 11) is 0. The zero-order chi connectivity index (χ0) is 9.26. The molecule has 3 heteroatoms. The molecule has 1 aliphatic rings. The van der Waals surface area contributed by atoms with Gasteiger partial charge in [0, 0.05) is 17.9 Å². The minimum Gasteiger partial charge on any atom is -0.493 e. The summed E-state index contributed by atoms with van der Waals surface area (Å²) in [6.45, 7) is 0.652. The molecule has 0 saturated heterocycles. The van der Waals surface area contributed by atoms with Gasteiger partial charge in [-0.25, -0.2) is 0 Å².